The number of amides is 3. The van der Waals surface area contributed by atoms with Gasteiger partial charge in [-0.05, 0) is 43.0 Å². The summed E-state index contributed by atoms with van der Waals surface area (Å²) >= 11 is 0. The molecule has 0 fully saturated rings. The Kier molecular flexibility index (Phi) is 11.3. The van der Waals surface area contributed by atoms with Gasteiger partial charge < -0.3 is 14.4 Å². The van der Waals surface area contributed by atoms with Crippen LogP contribution in [0.1, 0.15) is 58.2 Å². The van der Waals surface area contributed by atoms with E-state index in [0.717, 1.165) is 15.6 Å². The third kappa shape index (κ3) is 8.32. The Morgan fingerprint density at radius 2 is 1.45 bits per heavy atom. The summed E-state index contributed by atoms with van der Waals surface area (Å²) < 4.78 is 11.3. The number of rotatable bonds is 12. The fraction of sp³-hybridized carbons (Fsp3) is 0.324. The number of hydrazine groups is 1. The molecule has 0 unspecified atom stereocenters. The Morgan fingerprint density at radius 3 is 2.00 bits per heavy atom. The minimum Gasteiger partial charge on any atom is -0.489 e. The van der Waals surface area contributed by atoms with E-state index in [1.165, 1.54) is 24.9 Å². The number of hydrogen-bond acceptors (Lipinski definition) is 7. The van der Waals surface area contributed by atoms with Crippen LogP contribution in [0.5, 0.6) is 5.75 Å². The maximum atomic E-state index is 14.6. The normalized spacial score (nSPS) is 15.3. The molecule has 10 nitrogen and oxygen atoms in total. The Morgan fingerprint density at radius 1 is 0.830 bits per heavy atom. The molecule has 1 heterocycles. The minimum atomic E-state index is -1.44. The molecule has 0 saturated carbocycles. The van der Waals surface area contributed by atoms with Crippen LogP contribution in [0.2, 0.25) is 0 Å². The second-order valence-electron chi connectivity index (χ2n) is 12.0. The summed E-state index contributed by atoms with van der Waals surface area (Å²) in [6, 6.07) is 23.0. The molecule has 0 aromatic heterocycles. The maximum absolute atomic E-state index is 14.6. The highest BCUT2D eigenvalue weighted by Crippen LogP contribution is 2.34. The van der Waals surface area contributed by atoms with E-state index in [4.69, 9.17) is 9.47 Å². The zero-order chi connectivity index (χ0) is 34.2. The molecule has 0 aliphatic carbocycles. The summed E-state index contributed by atoms with van der Waals surface area (Å²) in [5.74, 6) is -3.64. The molecule has 4 rings (SSSR count). The number of ketones is 1. The van der Waals surface area contributed by atoms with Gasteiger partial charge in [0, 0.05) is 32.0 Å². The average molecular weight is 640 g/mol. The fourth-order valence-electron chi connectivity index (χ4n) is 5.46. The van der Waals surface area contributed by atoms with Crippen LogP contribution < -0.4 is 4.74 Å². The van der Waals surface area contributed by atoms with Gasteiger partial charge in [-0.15, -0.1) is 0 Å². The number of hydrogen-bond donors (Lipinski definition) is 0. The molecule has 47 heavy (non-hydrogen) atoms. The first-order valence-corrected chi connectivity index (χ1v) is 15.6. The SMILES string of the molecule is CC(=O)N1C=C(c2cccc(OCc3ccccc3)c2)N(N(C(C)=O)[C@@H](Cc2ccccc2)C(=O)C(=O)OC(C)C)C(=O)[C@H]1C(C)C. The standard InChI is InChI=1S/C37H41N3O7/c1-24(2)34-36(44)40(39(27(6)42)32(20-28-14-9-7-10-15-28)35(43)37(45)47-25(3)4)33(22-38(34)26(5)41)30-18-13-19-31(21-30)46-23-29-16-11-8-12-17-29/h7-19,21-22,24-25,32,34H,20,23H2,1-6H3/t32-,34+/m0/s1. The van der Waals surface area contributed by atoms with Crippen molar-refractivity contribution in [1.82, 2.24) is 14.9 Å². The number of nitrogens with zero attached hydrogens (tertiary/aromatic N) is 3. The van der Waals surface area contributed by atoms with E-state index in [1.54, 1.807) is 76.2 Å². The van der Waals surface area contributed by atoms with E-state index in [2.05, 4.69) is 0 Å². The fourth-order valence-corrected chi connectivity index (χ4v) is 5.46. The lowest BCUT2D eigenvalue weighted by Crippen LogP contribution is -2.64. The highest BCUT2D eigenvalue weighted by molar-refractivity contribution is 6.36. The van der Waals surface area contributed by atoms with Gasteiger partial charge in [0.25, 0.3) is 11.7 Å². The van der Waals surface area contributed by atoms with Crippen LogP contribution in [0.25, 0.3) is 5.70 Å². The van der Waals surface area contributed by atoms with Crippen LogP contribution in [-0.2, 0) is 41.7 Å². The van der Waals surface area contributed by atoms with Crippen molar-refractivity contribution in [2.24, 2.45) is 5.92 Å². The van der Waals surface area contributed by atoms with E-state index in [0.29, 0.717) is 16.9 Å². The summed E-state index contributed by atoms with van der Waals surface area (Å²) in [6.07, 6.45) is 0.846. The average Bonchev–Trinajstić information content (AvgIpc) is 3.03. The van der Waals surface area contributed by atoms with Gasteiger partial charge in [0.05, 0.1) is 11.8 Å². The molecule has 1 aliphatic rings. The van der Waals surface area contributed by atoms with Gasteiger partial charge in [0.15, 0.2) is 0 Å². The number of Topliss-reactive ketones (excluding diaryl/α,β-unsaturated/α-hetero) is 1. The van der Waals surface area contributed by atoms with Crippen LogP contribution in [0.4, 0.5) is 0 Å². The Labute approximate surface area is 275 Å². The quantitative estimate of drug-likeness (QED) is 0.198. The van der Waals surface area contributed by atoms with Crippen LogP contribution in [0, 0.1) is 5.92 Å². The van der Waals surface area contributed by atoms with E-state index in [-0.39, 0.29) is 30.5 Å². The van der Waals surface area contributed by atoms with E-state index in [9.17, 15) is 24.0 Å². The Balaban J connectivity index is 1.87. The second kappa shape index (κ2) is 15.4. The Bertz CT molecular complexity index is 1640. The molecule has 0 spiro atoms. The van der Waals surface area contributed by atoms with Crippen LogP contribution in [-0.4, -0.2) is 62.6 Å². The first-order chi connectivity index (χ1) is 22.4. The molecular weight excluding hydrogens is 598 g/mol. The molecule has 0 saturated heterocycles. The van der Waals surface area contributed by atoms with Crippen molar-refractivity contribution < 1.29 is 33.4 Å². The van der Waals surface area contributed by atoms with Gasteiger partial charge in [0.1, 0.15) is 24.4 Å². The molecule has 0 N–H and O–H groups in total. The van der Waals surface area contributed by atoms with Gasteiger partial charge in [-0.1, -0.05) is 86.6 Å². The summed E-state index contributed by atoms with van der Waals surface area (Å²) in [6.45, 7) is 9.68. The molecule has 10 heteroatoms. The second-order valence-corrected chi connectivity index (χ2v) is 12.0. The highest BCUT2D eigenvalue weighted by Gasteiger charge is 2.47. The van der Waals surface area contributed by atoms with Crippen molar-refractivity contribution >= 4 is 35.2 Å². The van der Waals surface area contributed by atoms with E-state index < -0.39 is 41.8 Å². The summed E-state index contributed by atoms with van der Waals surface area (Å²) in [4.78, 5) is 69.5. The number of esters is 1. The van der Waals surface area contributed by atoms with Crippen LogP contribution in [0.15, 0.2) is 91.1 Å². The summed E-state index contributed by atoms with van der Waals surface area (Å²) in [7, 11) is 0. The molecular formula is C37H41N3O7. The smallest absolute Gasteiger partial charge is 0.377 e. The molecule has 1 aliphatic heterocycles. The molecule has 3 amide bonds. The lowest BCUT2D eigenvalue weighted by molar-refractivity contribution is -0.172. The lowest BCUT2D eigenvalue weighted by atomic mass is 9.97. The predicted octanol–water partition coefficient (Wildman–Crippen LogP) is 5.17. The Hall–Kier alpha value is -5.25. The van der Waals surface area contributed by atoms with Gasteiger partial charge in [0.2, 0.25) is 11.8 Å². The molecule has 2 atom stereocenters. The van der Waals surface area contributed by atoms with Gasteiger partial charge in [-0.25, -0.2) is 14.8 Å². The monoisotopic (exact) mass is 639 g/mol. The van der Waals surface area contributed by atoms with Crippen LogP contribution >= 0.6 is 0 Å². The number of carbonyl (C=O) groups is 5. The topological polar surface area (TPSA) is 114 Å². The third-order valence-electron chi connectivity index (χ3n) is 7.58. The molecule has 0 bridgehead atoms. The van der Waals surface area contributed by atoms with Gasteiger partial charge in [-0.2, -0.15) is 0 Å². The van der Waals surface area contributed by atoms with Crippen molar-refractivity contribution in [2.75, 3.05) is 0 Å². The van der Waals surface area contributed by atoms with Crippen LogP contribution in [0.3, 0.4) is 0 Å². The van der Waals surface area contributed by atoms with Gasteiger partial charge >= 0.3 is 5.97 Å². The highest BCUT2D eigenvalue weighted by atomic mass is 16.5. The summed E-state index contributed by atoms with van der Waals surface area (Å²) in [5.41, 5.74) is 2.21. The molecule has 0 radical (unpaired) electrons. The number of carbonyl (C=O) groups excluding carboxylic acids is 5. The van der Waals surface area contributed by atoms with Crippen molar-refractivity contribution in [2.45, 2.75) is 72.8 Å². The maximum Gasteiger partial charge on any atom is 0.377 e. The number of ether oxygens (including phenoxy) is 2. The third-order valence-corrected chi connectivity index (χ3v) is 7.58. The van der Waals surface area contributed by atoms with Crippen molar-refractivity contribution in [3.63, 3.8) is 0 Å². The molecule has 3 aromatic carbocycles. The van der Waals surface area contributed by atoms with Crippen molar-refractivity contribution in [1.29, 1.82) is 0 Å². The van der Waals surface area contributed by atoms with Gasteiger partial charge in [-0.3, -0.25) is 19.2 Å². The zero-order valence-electron chi connectivity index (χ0n) is 27.6. The zero-order valence-corrected chi connectivity index (χ0v) is 27.6. The number of benzene rings is 3. The van der Waals surface area contributed by atoms with E-state index in [1.807, 2.05) is 36.4 Å². The predicted molar refractivity (Wildman–Crippen MR) is 176 cm³/mol. The lowest BCUT2D eigenvalue weighted by Gasteiger charge is -2.46. The summed E-state index contributed by atoms with van der Waals surface area (Å²) in [5, 5.41) is 2.16. The van der Waals surface area contributed by atoms with Crippen molar-refractivity contribution in [3.05, 3.63) is 108 Å². The van der Waals surface area contributed by atoms with E-state index >= 15 is 0 Å². The molecule has 246 valence electrons. The first kappa shape index (κ1) is 34.6. The van der Waals surface area contributed by atoms with Crippen molar-refractivity contribution in [3.8, 4) is 5.75 Å². The largest absolute Gasteiger partial charge is 0.489 e. The first-order valence-electron chi connectivity index (χ1n) is 15.6. The molecule has 3 aromatic rings. The minimum absolute atomic E-state index is 0.0769.